The second kappa shape index (κ2) is 8.81. The zero-order valence-corrected chi connectivity index (χ0v) is 15.2. The van der Waals surface area contributed by atoms with Gasteiger partial charge in [0.25, 0.3) is 5.91 Å². The van der Waals surface area contributed by atoms with E-state index in [-0.39, 0.29) is 11.8 Å². The molecule has 0 aromatic heterocycles. The van der Waals surface area contributed by atoms with Gasteiger partial charge in [0.15, 0.2) is 0 Å². The van der Waals surface area contributed by atoms with Crippen LogP contribution in [-0.4, -0.2) is 50.1 Å². The molecule has 0 aliphatic carbocycles. The van der Waals surface area contributed by atoms with Gasteiger partial charge in [-0.2, -0.15) is 0 Å². The zero-order chi connectivity index (χ0) is 18.4. The van der Waals surface area contributed by atoms with Crippen molar-refractivity contribution in [1.82, 2.24) is 10.2 Å². The second-order valence-electron chi connectivity index (χ2n) is 6.83. The van der Waals surface area contributed by atoms with Gasteiger partial charge < -0.3 is 15.0 Å². The van der Waals surface area contributed by atoms with Crippen molar-refractivity contribution in [3.63, 3.8) is 0 Å². The monoisotopic (exact) mass is 354 g/mol. The minimum absolute atomic E-state index is 0.0513. The summed E-state index contributed by atoms with van der Waals surface area (Å²) < 4.78 is 4.99. The molecule has 26 heavy (non-hydrogen) atoms. The van der Waals surface area contributed by atoms with Crippen LogP contribution in [0.5, 0.6) is 0 Å². The highest BCUT2D eigenvalue weighted by molar-refractivity contribution is 6.06. The normalized spacial score (nSPS) is 17.3. The molecule has 3 rings (SSSR count). The molecule has 1 aliphatic rings. The molecule has 138 valence electrons. The number of likely N-dealkylation sites (tertiary alicyclic amines) is 1. The molecular formula is C21H26N2O3. The molecule has 1 atom stereocenters. The van der Waals surface area contributed by atoms with E-state index in [2.05, 4.69) is 5.32 Å². The number of piperidine rings is 1. The van der Waals surface area contributed by atoms with Gasteiger partial charge in [-0.15, -0.1) is 0 Å². The van der Waals surface area contributed by atoms with Crippen LogP contribution in [-0.2, 0) is 9.53 Å². The molecule has 5 nitrogen and oxygen atoms in total. The average Bonchev–Trinajstić information content (AvgIpc) is 2.70. The third kappa shape index (κ3) is 4.41. The summed E-state index contributed by atoms with van der Waals surface area (Å²) in [5, 5.41) is 5.09. The Kier molecular flexibility index (Phi) is 6.23. The minimum atomic E-state index is -0.0513. The average molecular weight is 354 g/mol. The molecule has 0 bridgehead atoms. The maximum atomic E-state index is 12.6. The number of hydrogen-bond acceptors (Lipinski definition) is 3. The van der Waals surface area contributed by atoms with Crippen molar-refractivity contribution < 1.29 is 14.3 Å². The Labute approximate surface area is 154 Å². The summed E-state index contributed by atoms with van der Waals surface area (Å²) in [6, 6.07) is 13.7. The molecule has 0 unspecified atom stereocenters. The van der Waals surface area contributed by atoms with Gasteiger partial charge in [0.2, 0.25) is 5.91 Å². The van der Waals surface area contributed by atoms with E-state index in [1.54, 1.807) is 7.11 Å². The summed E-state index contributed by atoms with van der Waals surface area (Å²) in [6.07, 6.45) is 2.43. The number of benzene rings is 2. The van der Waals surface area contributed by atoms with Crippen molar-refractivity contribution in [1.29, 1.82) is 0 Å². The smallest absolute Gasteiger partial charge is 0.251 e. The van der Waals surface area contributed by atoms with Crippen LogP contribution in [0, 0.1) is 5.92 Å². The molecule has 2 aromatic rings. The third-order valence-electron chi connectivity index (χ3n) is 4.98. The fourth-order valence-electron chi connectivity index (χ4n) is 3.56. The molecule has 2 amide bonds. The lowest BCUT2D eigenvalue weighted by Crippen LogP contribution is -2.44. The van der Waals surface area contributed by atoms with Crippen molar-refractivity contribution in [2.24, 2.45) is 5.92 Å². The van der Waals surface area contributed by atoms with Crippen LogP contribution in [0.2, 0.25) is 0 Å². The molecule has 1 saturated heterocycles. The molecule has 1 heterocycles. The number of carbonyl (C=O) groups excluding carboxylic acids is 2. The van der Waals surface area contributed by atoms with Crippen LogP contribution in [0.3, 0.4) is 0 Å². The number of amides is 2. The first-order chi connectivity index (χ1) is 12.7. The predicted octanol–water partition coefficient (Wildman–Crippen LogP) is 2.84. The summed E-state index contributed by atoms with van der Waals surface area (Å²) in [4.78, 5) is 26.7. The number of carbonyl (C=O) groups is 2. The van der Waals surface area contributed by atoms with Crippen molar-refractivity contribution in [2.45, 2.75) is 19.3 Å². The van der Waals surface area contributed by atoms with Crippen LogP contribution in [0.1, 0.15) is 29.6 Å². The van der Waals surface area contributed by atoms with Crippen molar-refractivity contribution in [3.05, 3.63) is 48.0 Å². The standard InChI is InChI=1S/C21H26N2O3/c1-26-13-11-20(24)23-12-5-6-16(15-23)14-22-21(25)19-10-4-8-17-7-2-3-9-18(17)19/h2-4,7-10,16H,5-6,11-15H2,1H3,(H,22,25)/t16-/m1/s1. The van der Waals surface area contributed by atoms with E-state index in [1.807, 2.05) is 47.4 Å². The summed E-state index contributed by atoms with van der Waals surface area (Å²) in [5.74, 6) is 0.385. The molecule has 5 heteroatoms. The van der Waals surface area contributed by atoms with Crippen LogP contribution in [0.4, 0.5) is 0 Å². The van der Waals surface area contributed by atoms with Gasteiger partial charge in [0.1, 0.15) is 0 Å². The molecule has 0 saturated carbocycles. The highest BCUT2D eigenvalue weighted by atomic mass is 16.5. The summed E-state index contributed by atoms with van der Waals surface area (Å²) in [7, 11) is 1.61. The highest BCUT2D eigenvalue weighted by Gasteiger charge is 2.24. The molecule has 1 fully saturated rings. The molecule has 0 spiro atoms. The van der Waals surface area contributed by atoms with E-state index in [9.17, 15) is 9.59 Å². The molecule has 1 aliphatic heterocycles. The van der Waals surface area contributed by atoms with Crippen molar-refractivity contribution >= 4 is 22.6 Å². The van der Waals surface area contributed by atoms with E-state index in [4.69, 9.17) is 4.74 Å². The number of hydrogen-bond donors (Lipinski definition) is 1. The van der Waals surface area contributed by atoms with Gasteiger partial charge in [-0.1, -0.05) is 36.4 Å². The first-order valence-corrected chi connectivity index (χ1v) is 9.21. The highest BCUT2D eigenvalue weighted by Crippen LogP contribution is 2.20. The number of methoxy groups -OCH3 is 1. The lowest BCUT2D eigenvalue weighted by Gasteiger charge is -2.33. The van der Waals surface area contributed by atoms with Gasteiger partial charge in [-0.3, -0.25) is 9.59 Å². The van der Waals surface area contributed by atoms with Gasteiger partial charge >= 0.3 is 0 Å². The van der Waals surface area contributed by atoms with Crippen LogP contribution in [0.25, 0.3) is 10.8 Å². The fourth-order valence-corrected chi connectivity index (χ4v) is 3.56. The molecular weight excluding hydrogens is 328 g/mol. The van der Waals surface area contributed by atoms with Crippen molar-refractivity contribution in [2.75, 3.05) is 33.4 Å². The van der Waals surface area contributed by atoms with Gasteiger partial charge in [0.05, 0.1) is 13.0 Å². The molecule has 1 N–H and O–H groups in total. The van der Waals surface area contributed by atoms with Gasteiger partial charge in [-0.25, -0.2) is 0 Å². The summed E-state index contributed by atoms with van der Waals surface area (Å²) in [5.41, 5.74) is 0.701. The summed E-state index contributed by atoms with van der Waals surface area (Å²) >= 11 is 0. The van der Waals surface area contributed by atoms with Gasteiger partial charge in [0, 0.05) is 32.3 Å². The third-order valence-corrected chi connectivity index (χ3v) is 4.98. The quantitative estimate of drug-likeness (QED) is 0.868. The Morgan fingerprint density at radius 2 is 2.00 bits per heavy atom. The lowest BCUT2D eigenvalue weighted by molar-refractivity contribution is -0.133. The van der Waals surface area contributed by atoms with Gasteiger partial charge in [-0.05, 0) is 35.6 Å². The maximum Gasteiger partial charge on any atom is 0.251 e. The number of fused-ring (bicyclic) bond motifs is 1. The van der Waals surface area contributed by atoms with E-state index < -0.39 is 0 Å². The number of rotatable bonds is 6. The Morgan fingerprint density at radius 1 is 1.19 bits per heavy atom. The lowest BCUT2D eigenvalue weighted by atomic mass is 9.97. The minimum Gasteiger partial charge on any atom is -0.384 e. The number of ether oxygens (including phenoxy) is 1. The SMILES string of the molecule is COCCC(=O)N1CCC[C@H](CNC(=O)c2cccc3ccccc23)C1. The van der Waals surface area contributed by atoms with E-state index >= 15 is 0 Å². The maximum absolute atomic E-state index is 12.6. The number of nitrogens with zero attached hydrogens (tertiary/aromatic N) is 1. The Bertz CT molecular complexity index is 769. The largest absolute Gasteiger partial charge is 0.384 e. The van der Waals surface area contributed by atoms with Crippen molar-refractivity contribution in [3.8, 4) is 0 Å². The van der Waals surface area contributed by atoms with Crippen LogP contribution in [0.15, 0.2) is 42.5 Å². The zero-order valence-electron chi connectivity index (χ0n) is 15.2. The van der Waals surface area contributed by atoms with E-state index in [1.165, 1.54) is 0 Å². The van der Waals surface area contributed by atoms with Crippen LogP contribution >= 0.6 is 0 Å². The van der Waals surface area contributed by atoms with Crippen LogP contribution < -0.4 is 5.32 Å². The molecule has 0 radical (unpaired) electrons. The first kappa shape index (κ1) is 18.4. The topological polar surface area (TPSA) is 58.6 Å². The fraction of sp³-hybridized carbons (Fsp3) is 0.429. The number of nitrogens with one attached hydrogen (secondary N) is 1. The first-order valence-electron chi connectivity index (χ1n) is 9.21. The van der Waals surface area contributed by atoms with E-state index in [0.29, 0.717) is 37.6 Å². The second-order valence-corrected chi connectivity index (χ2v) is 6.83. The Hall–Kier alpha value is -2.40. The molecule has 2 aromatic carbocycles. The predicted molar refractivity (Wildman–Crippen MR) is 102 cm³/mol. The Morgan fingerprint density at radius 3 is 2.85 bits per heavy atom. The van der Waals surface area contributed by atoms with E-state index in [0.717, 1.165) is 30.2 Å². The Balaban J connectivity index is 1.58. The summed E-state index contributed by atoms with van der Waals surface area (Å²) in [6.45, 7) is 2.56.